The number of fused-ring (bicyclic) bond motifs is 3. The van der Waals surface area contributed by atoms with Crippen LogP contribution in [0.2, 0.25) is 0 Å². The number of benzene rings is 2. The van der Waals surface area contributed by atoms with E-state index in [1.165, 1.54) is 4.40 Å². The standard InChI is InChI=1S/C21H20N7O4P/c22-12-14-10-16-18(28-19(13-33(30,31)32)24-25-20(28)21(29)23-16)11-17(14)27-8-6-26(7-9-27)15-4-2-1-3-5-15/h1-5,10-11H,6-9,13H2,(H,23,29)(H2,30,31,32). The van der Waals surface area contributed by atoms with Crippen LogP contribution in [0, 0.1) is 11.3 Å². The van der Waals surface area contributed by atoms with E-state index >= 15 is 0 Å². The summed E-state index contributed by atoms with van der Waals surface area (Å²) in [5.74, 6) is -0.0148. The van der Waals surface area contributed by atoms with Gasteiger partial charge in [-0.1, -0.05) is 18.2 Å². The van der Waals surface area contributed by atoms with E-state index < -0.39 is 19.3 Å². The maximum Gasteiger partial charge on any atom is 0.333 e. The molecule has 0 atom stereocenters. The van der Waals surface area contributed by atoms with Gasteiger partial charge in [-0.25, -0.2) is 0 Å². The van der Waals surface area contributed by atoms with Crippen molar-refractivity contribution in [3.05, 3.63) is 64.2 Å². The number of nitriles is 1. The molecule has 3 heterocycles. The van der Waals surface area contributed by atoms with Crippen LogP contribution in [0.4, 0.5) is 11.4 Å². The number of hydrogen-bond acceptors (Lipinski definition) is 7. The van der Waals surface area contributed by atoms with Crippen LogP contribution in [0.1, 0.15) is 11.4 Å². The van der Waals surface area contributed by atoms with E-state index in [2.05, 4.69) is 43.2 Å². The Balaban J connectivity index is 1.58. The van der Waals surface area contributed by atoms with E-state index in [0.717, 1.165) is 18.8 Å². The summed E-state index contributed by atoms with van der Waals surface area (Å²) in [5.41, 5.74) is 2.44. The first-order valence-corrected chi connectivity index (χ1v) is 12.1. The zero-order chi connectivity index (χ0) is 23.2. The Morgan fingerprint density at radius 1 is 1.06 bits per heavy atom. The Bertz CT molecular complexity index is 1490. The van der Waals surface area contributed by atoms with Gasteiger partial charge in [0.1, 0.15) is 18.1 Å². The number of piperazine rings is 1. The van der Waals surface area contributed by atoms with Crippen molar-refractivity contribution in [2.45, 2.75) is 6.16 Å². The van der Waals surface area contributed by atoms with Crippen LogP contribution in [0.3, 0.4) is 0 Å². The molecule has 33 heavy (non-hydrogen) atoms. The normalized spacial score (nSPS) is 14.7. The number of hydrogen-bond donors (Lipinski definition) is 3. The molecular weight excluding hydrogens is 445 g/mol. The molecule has 5 rings (SSSR count). The fraction of sp³-hybridized carbons (Fsp3) is 0.238. The molecule has 0 bridgehead atoms. The van der Waals surface area contributed by atoms with Gasteiger partial charge in [0, 0.05) is 31.9 Å². The number of para-hydroxylation sites is 1. The Hall–Kier alpha value is -3.71. The van der Waals surface area contributed by atoms with Crippen molar-refractivity contribution in [3.8, 4) is 6.07 Å². The highest BCUT2D eigenvalue weighted by molar-refractivity contribution is 7.50. The summed E-state index contributed by atoms with van der Waals surface area (Å²) >= 11 is 0. The molecule has 0 spiro atoms. The van der Waals surface area contributed by atoms with E-state index in [1.807, 2.05) is 18.2 Å². The van der Waals surface area contributed by atoms with E-state index in [4.69, 9.17) is 0 Å². The Morgan fingerprint density at radius 2 is 1.76 bits per heavy atom. The van der Waals surface area contributed by atoms with Crippen molar-refractivity contribution in [1.29, 1.82) is 5.26 Å². The van der Waals surface area contributed by atoms with Crippen LogP contribution in [0.5, 0.6) is 0 Å². The molecule has 168 valence electrons. The highest BCUT2D eigenvalue weighted by atomic mass is 31.2. The van der Waals surface area contributed by atoms with Crippen LogP contribution >= 0.6 is 7.60 Å². The molecule has 11 nitrogen and oxygen atoms in total. The van der Waals surface area contributed by atoms with Gasteiger partial charge in [-0.15, -0.1) is 10.2 Å². The summed E-state index contributed by atoms with van der Waals surface area (Å²) in [5, 5.41) is 17.4. The van der Waals surface area contributed by atoms with E-state index in [1.54, 1.807) is 12.1 Å². The Labute approximate surface area is 187 Å². The smallest absolute Gasteiger partial charge is 0.333 e. The fourth-order valence-electron chi connectivity index (χ4n) is 4.24. The highest BCUT2D eigenvalue weighted by Gasteiger charge is 2.24. The van der Waals surface area contributed by atoms with E-state index in [-0.39, 0.29) is 11.5 Å². The van der Waals surface area contributed by atoms with Crippen LogP contribution in [0.25, 0.3) is 16.7 Å². The molecule has 0 aliphatic carbocycles. The Morgan fingerprint density at radius 3 is 2.42 bits per heavy atom. The maximum atomic E-state index is 12.5. The summed E-state index contributed by atoms with van der Waals surface area (Å²) < 4.78 is 13.0. The van der Waals surface area contributed by atoms with Gasteiger partial charge < -0.3 is 24.6 Å². The lowest BCUT2D eigenvalue weighted by Crippen LogP contribution is -2.46. The Kier molecular flexibility index (Phi) is 5.13. The molecule has 12 heteroatoms. The van der Waals surface area contributed by atoms with Crippen molar-refractivity contribution in [1.82, 2.24) is 19.6 Å². The van der Waals surface area contributed by atoms with Gasteiger partial charge >= 0.3 is 7.60 Å². The number of H-pyrrole nitrogens is 1. The third kappa shape index (κ3) is 3.96. The topological polar surface area (TPSA) is 151 Å². The lowest BCUT2D eigenvalue weighted by molar-refractivity contribution is 0.370. The first-order valence-electron chi connectivity index (χ1n) is 10.3. The molecule has 1 saturated heterocycles. The second-order valence-corrected chi connectivity index (χ2v) is 9.51. The first-order chi connectivity index (χ1) is 15.8. The first kappa shape index (κ1) is 21.2. The minimum Gasteiger partial charge on any atom is -0.368 e. The van der Waals surface area contributed by atoms with Crippen molar-refractivity contribution < 1.29 is 14.4 Å². The van der Waals surface area contributed by atoms with Crippen LogP contribution < -0.4 is 15.4 Å². The summed E-state index contributed by atoms with van der Waals surface area (Å²) in [6.45, 7) is 2.90. The highest BCUT2D eigenvalue weighted by Crippen LogP contribution is 2.39. The predicted octanol–water partition coefficient (Wildman–Crippen LogP) is 1.45. The van der Waals surface area contributed by atoms with E-state index in [9.17, 15) is 24.4 Å². The summed E-state index contributed by atoms with van der Waals surface area (Å²) in [6, 6.07) is 15.6. The quantitative estimate of drug-likeness (QED) is 0.380. The predicted molar refractivity (Wildman–Crippen MR) is 122 cm³/mol. The van der Waals surface area contributed by atoms with Gasteiger partial charge in [0.05, 0.1) is 22.3 Å². The van der Waals surface area contributed by atoms with Crippen LogP contribution in [-0.2, 0) is 10.7 Å². The van der Waals surface area contributed by atoms with Crippen molar-refractivity contribution in [3.63, 3.8) is 0 Å². The largest absolute Gasteiger partial charge is 0.368 e. The molecule has 2 aromatic carbocycles. The number of nitrogens with one attached hydrogen (secondary N) is 1. The number of rotatable bonds is 4. The van der Waals surface area contributed by atoms with Crippen molar-refractivity contribution >= 4 is 35.7 Å². The third-order valence-corrected chi connectivity index (χ3v) is 6.44. The van der Waals surface area contributed by atoms with E-state index in [0.29, 0.717) is 35.4 Å². The molecule has 0 amide bonds. The lowest BCUT2D eigenvalue weighted by Gasteiger charge is -2.37. The second kappa shape index (κ2) is 8.01. The van der Waals surface area contributed by atoms with Crippen molar-refractivity contribution in [2.24, 2.45) is 0 Å². The van der Waals surface area contributed by atoms with Gasteiger partial charge in [-0.2, -0.15) is 5.26 Å². The summed E-state index contributed by atoms with van der Waals surface area (Å²) in [6.07, 6.45) is -0.655. The van der Waals surface area contributed by atoms with Gasteiger partial charge in [0.2, 0.25) is 5.65 Å². The molecule has 0 saturated carbocycles. The number of anilines is 2. The SMILES string of the molecule is N#Cc1cc2[nH]c(=O)c3nnc(CP(=O)(O)O)n3c2cc1N1CCN(c2ccccc2)CC1. The minimum atomic E-state index is -4.45. The molecule has 4 aromatic rings. The maximum absolute atomic E-state index is 12.5. The van der Waals surface area contributed by atoms with Gasteiger partial charge in [-0.3, -0.25) is 13.8 Å². The summed E-state index contributed by atoms with van der Waals surface area (Å²) in [7, 11) is -4.45. The lowest BCUT2D eigenvalue weighted by atomic mass is 10.1. The zero-order valence-corrected chi connectivity index (χ0v) is 18.3. The van der Waals surface area contributed by atoms with Gasteiger partial charge in [0.15, 0.2) is 0 Å². The average molecular weight is 465 g/mol. The fourth-order valence-corrected chi connectivity index (χ4v) is 4.81. The van der Waals surface area contributed by atoms with Gasteiger partial charge in [-0.05, 0) is 24.3 Å². The molecule has 1 aliphatic heterocycles. The van der Waals surface area contributed by atoms with Gasteiger partial charge in [0.25, 0.3) is 5.56 Å². The molecule has 1 aliphatic rings. The minimum absolute atomic E-state index is 0.0148. The monoisotopic (exact) mass is 465 g/mol. The zero-order valence-electron chi connectivity index (χ0n) is 17.4. The second-order valence-electron chi connectivity index (χ2n) is 7.86. The molecule has 2 aromatic heterocycles. The van der Waals surface area contributed by atoms with Crippen LogP contribution in [0.15, 0.2) is 47.3 Å². The summed E-state index contributed by atoms with van der Waals surface area (Å²) in [4.78, 5) is 38.4. The average Bonchev–Trinajstić information content (AvgIpc) is 3.22. The van der Waals surface area contributed by atoms with Crippen molar-refractivity contribution in [2.75, 3.05) is 36.0 Å². The molecular formula is C21H20N7O4P. The van der Waals surface area contributed by atoms with Crippen LogP contribution in [-0.4, -0.2) is 55.5 Å². The molecule has 0 radical (unpaired) electrons. The number of aromatic nitrogens is 4. The number of aromatic amines is 1. The molecule has 0 unspecified atom stereocenters. The molecule has 3 N–H and O–H groups in total. The molecule has 1 fully saturated rings. The third-order valence-electron chi connectivity index (χ3n) is 5.75. The number of nitrogens with zero attached hydrogens (tertiary/aromatic N) is 6.